The molecule has 0 heterocycles. The highest BCUT2D eigenvalue weighted by Crippen LogP contribution is 2.08. The van der Waals surface area contributed by atoms with Crippen LogP contribution in [0.15, 0.2) is 0 Å². The molecule has 0 fully saturated rings. The van der Waals surface area contributed by atoms with E-state index in [1.165, 1.54) is 0 Å². The molecule has 0 bridgehead atoms. The first-order valence-electron chi connectivity index (χ1n) is 5.62. The summed E-state index contributed by atoms with van der Waals surface area (Å²) in [6, 6.07) is -0.145. The van der Waals surface area contributed by atoms with Gasteiger partial charge in [-0.25, -0.2) is 0 Å². The van der Waals surface area contributed by atoms with Gasteiger partial charge in [0.1, 0.15) is 0 Å². The largest absolute Gasteiger partial charge is 0.395 e. The van der Waals surface area contributed by atoms with Gasteiger partial charge >= 0.3 is 0 Å². The second-order valence-corrected chi connectivity index (χ2v) is 4.32. The van der Waals surface area contributed by atoms with Crippen molar-refractivity contribution >= 4 is 0 Å². The maximum absolute atomic E-state index is 9.30. The van der Waals surface area contributed by atoms with E-state index in [9.17, 15) is 5.11 Å². The van der Waals surface area contributed by atoms with Crippen LogP contribution in [-0.4, -0.2) is 56.0 Å². The Balaban J connectivity index is 4.13. The number of likely N-dealkylation sites (N-methyl/N-ethyl adjacent to an activating group) is 1. The number of hydrogen-bond donors (Lipinski definition) is 2. The lowest BCUT2D eigenvalue weighted by Crippen LogP contribution is -2.51. The Bertz CT molecular complexity index is 156. The highest BCUT2D eigenvalue weighted by Gasteiger charge is 2.22. The first kappa shape index (κ1) is 14.8. The molecule has 0 aromatic carbocycles. The minimum Gasteiger partial charge on any atom is -0.395 e. The number of nitrogens with two attached hydrogens (primary N) is 1. The summed E-state index contributed by atoms with van der Waals surface area (Å²) >= 11 is 0. The Labute approximate surface area is 93.4 Å². The molecule has 0 radical (unpaired) electrons. The van der Waals surface area contributed by atoms with Crippen molar-refractivity contribution in [2.45, 2.75) is 32.4 Å². The molecular weight excluding hydrogens is 192 g/mol. The summed E-state index contributed by atoms with van der Waals surface area (Å²) in [5.41, 5.74) is 5.93. The number of hydrogen-bond acceptors (Lipinski definition) is 4. The van der Waals surface area contributed by atoms with Gasteiger partial charge in [-0.05, 0) is 13.0 Å². The summed E-state index contributed by atoms with van der Waals surface area (Å²) in [4.78, 5) is 2.12. The molecular formula is C11H26N2O2. The Morgan fingerprint density at radius 3 is 2.47 bits per heavy atom. The second-order valence-electron chi connectivity index (χ2n) is 4.32. The Morgan fingerprint density at radius 1 is 1.47 bits per heavy atom. The molecule has 0 aromatic heterocycles. The summed E-state index contributed by atoms with van der Waals surface area (Å²) in [7, 11) is 3.63. The quantitative estimate of drug-likeness (QED) is 0.615. The molecule has 0 aliphatic heterocycles. The molecule has 15 heavy (non-hydrogen) atoms. The SMILES string of the molecule is CCC(C)CN(C)C(CO)C(N)COC. The molecule has 4 heteroatoms. The average Bonchev–Trinajstić information content (AvgIpc) is 2.19. The highest BCUT2D eigenvalue weighted by molar-refractivity contribution is 4.80. The second kappa shape index (κ2) is 8.05. The molecule has 0 aliphatic carbocycles. The predicted octanol–water partition coefficient (Wildman–Crippen LogP) is 0.299. The normalized spacial score (nSPS) is 17.8. The molecule has 0 aliphatic rings. The van der Waals surface area contributed by atoms with Crippen LogP contribution in [0.3, 0.4) is 0 Å². The minimum absolute atomic E-state index is 0.0149. The van der Waals surface area contributed by atoms with Gasteiger partial charge in [0.2, 0.25) is 0 Å². The van der Waals surface area contributed by atoms with Crippen LogP contribution in [0.5, 0.6) is 0 Å². The van der Waals surface area contributed by atoms with Crippen LogP contribution >= 0.6 is 0 Å². The first-order valence-corrected chi connectivity index (χ1v) is 5.62. The van der Waals surface area contributed by atoms with Crippen molar-refractivity contribution in [1.82, 2.24) is 4.90 Å². The van der Waals surface area contributed by atoms with Crippen LogP contribution < -0.4 is 5.73 Å². The maximum atomic E-state index is 9.30. The lowest BCUT2D eigenvalue weighted by Gasteiger charge is -2.32. The van der Waals surface area contributed by atoms with Gasteiger partial charge in [0, 0.05) is 25.7 Å². The fraction of sp³-hybridized carbons (Fsp3) is 1.00. The summed E-state index contributed by atoms with van der Waals surface area (Å²) in [5, 5.41) is 9.30. The van der Waals surface area contributed by atoms with Gasteiger partial charge in [0.05, 0.1) is 13.2 Å². The summed E-state index contributed by atoms with van der Waals surface area (Å²) in [6.07, 6.45) is 1.14. The van der Waals surface area contributed by atoms with Gasteiger partial charge in [0.25, 0.3) is 0 Å². The fourth-order valence-corrected chi connectivity index (χ4v) is 1.66. The van der Waals surface area contributed by atoms with E-state index in [0.717, 1.165) is 13.0 Å². The number of nitrogens with zero attached hydrogens (tertiary/aromatic N) is 1. The van der Waals surface area contributed by atoms with Gasteiger partial charge in [-0.2, -0.15) is 0 Å². The van der Waals surface area contributed by atoms with Gasteiger partial charge in [-0.3, -0.25) is 4.90 Å². The Kier molecular flexibility index (Phi) is 7.96. The predicted molar refractivity (Wildman–Crippen MR) is 62.8 cm³/mol. The average molecular weight is 218 g/mol. The van der Waals surface area contributed by atoms with Gasteiger partial charge in [-0.15, -0.1) is 0 Å². The fourth-order valence-electron chi connectivity index (χ4n) is 1.66. The smallest absolute Gasteiger partial charge is 0.0629 e. The van der Waals surface area contributed by atoms with Crippen molar-refractivity contribution in [3.8, 4) is 0 Å². The van der Waals surface area contributed by atoms with Gasteiger partial charge in [-0.1, -0.05) is 20.3 Å². The summed E-state index contributed by atoms with van der Waals surface area (Å²) < 4.78 is 5.01. The molecule has 92 valence electrons. The molecule has 0 rings (SSSR count). The van der Waals surface area contributed by atoms with Crippen LogP contribution in [0.25, 0.3) is 0 Å². The lowest BCUT2D eigenvalue weighted by molar-refractivity contribution is 0.0778. The van der Waals surface area contributed by atoms with Gasteiger partial charge in [0.15, 0.2) is 0 Å². The molecule has 0 amide bonds. The van der Waals surface area contributed by atoms with Crippen molar-refractivity contribution in [3.63, 3.8) is 0 Å². The van der Waals surface area contributed by atoms with E-state index in [4.69, 9.17) is 10.5 Å². The van der Waals surface area contributed by atoms with Crippen molar-refractivity contribution in [2.75, 3.05) is 33.9 Å². The number of aliphatic hydroxyl groups excluding tert-OH is 1. The molecule has 4 nitrogen and oxygen atoms in total. The highest BCUT2D eigenvalue weighted by atomic mass is 16.5. The van der Waals surface area contributed by atoms with E-state index >= 15 is 0 Å². The van der Waals surface area contributed by atoms with Crippen molar-refractivity contribution in [3.05, 3.63) is 0 Å². The molecule has 3 atom stereocenters. The van der Waals surface area contributed by atoms with E-state index in [-0.39, 0.29) is 18.7 Å². The molecule has 3 N–H and O–H groups in total. The molecule has 0 spiro atoms. The number of methoxy groups -OCH3 is 1. The van der Waals surface area contributed by atoms with E-state index in [1.54, 1.807) is 7.11 Å². The third kappa shape index (κ3) is 5.47. The van der Waals surface area contributed by atoms with Crippen molar-refractivity contribution in [2.24, 2.45) is 11.7 Å². The summed E-state index contributed by atoms with van der Waals surface area (Å²) in [5.74, 6) is 0.624. The van der Waals surface area contributed by atoms with Crippen LogP contribution in [-0.2, 0) is 4.74 Å². The van der Waals surface area contributed by atoms with E-state index in [0.29, 0.717) is 12.5 Å². The van der Waals surface area contributed by atoms with E-state index in [2.05, 4.69) is 18.7 Å². The van der Waals surface area contributed by atoms with Crippen molar-refractivity contribution < 1.29 is 9.84 Å². The number of ether oxygens (including phenoxy) is 1. The van der Waals surface area contributed by atoms with Crippen LogP contribution in [0.1, 0.15) is 20.3 Å². The number of rotatable bonds is 8. The standard InChI is InChI=1S/C11H26N2O2/c1-5-9(2)6-13(3)11(7-14)10(12)8-15-4/h9-11,14H,5-8,12H2,1-4H3. The van der Waals surface area contributed by atoms with E-state index in [1.807, 2.05) is 7.05 Å². The lowest BCUT2D eigenvalue weighted by atomic mass is 10.1. The Hall–Kier alpha value is -0.160. The van der Waals surface area contributed by atoms with Crippen molar-refractivity contribution in [1.29, 1.82) is 0 Å². The monoisotopic (exact) mass is 218 g/mol. The van der Waals surface area contributed by atoms with Crippen LogP contribution in [0.4, 0.5) is 0 Å². The van der Waals surface area contributed by atoms with E-state index < -0.39 is 0 Å². The molecule has 0 saturated carbocycles. The zero-order chi connectivity index (χ0) is 11.8. The number of aliphatic hydroxyl groups is 1. The molecule has 0 saturated heterocycles. The zero-order valence-corrected chi connectivity index (χ0v) is 10.4. The topological polar surface area (TPSA) is 58.7 Å². The van der Waals surface area contributed by atoms with Gasteiger partial charge < -0.3 is 15.6 Å². The van der Waals surface area contributed by atoms with Crippen LogP contribution in [0.2, 0.25) is 0 Å². The molecule has 3 unspecified atom stereocenters. The minimum atomic E-state index is -0.131. The third-order valence-electron chi connectivity index (χ3n) is 2.90. The van der Waals surface area contributed by atoms with Crippen LogP contribution in [0, 0.1) is 5.92 Å². The maximum Gasteiger partial charge on any atom is 0.0629 e. The molecule has 0 aromatic rings. The summed E-state index contributed by atoms with van der Waals surface area (Å²) in [6.45, 7) is 5.89. The third-order valence-corrected chi connectivity index (χ3v) is 2.90. The first-order chi connectivity index (χ1) is 7.06. The Morgan fingerprint density at radius 2 is 2.07 bits per heavy atom. The zero-order valence-electron chi connectivity index (χ0n) is 10.4.